The topological polar surface area (TPSA) is 79.5 Å². The van der Waals surface area contributed by atoms with Crippen molar-refractivity contribution in [2.75, 3.05) is 0 Å². The van der Waals surface area contributed by atoms with Gasteiger partial charge in [-0.3, -0.25) is 9.59 Å². The Bertz CT molecular complexity index is 486. The molecule has 1 aromatic heterocycles. The summed E-state index contributed by atoms with van der Waals surface area (Å²) < 4.78 is 5.43. The lowest BCUT2D eigenvalue weighted by atomic mass is 9.79. The van der Waals surface area contributed by atoms with Crippen LogP contribution in [-0.2, 0) is 11.2 Å². The first-order valence-corrected chi connectivity index (χ1v) is 7.18. The molecule has 1 heterocycles. The van der Waals surface area contributed by atoms with Gasteiger partial charge in [0.05, 0.1) is 12.0 Å². The number of carbonyl (C=O) groups excluding carboxylic acids is 1. The monoisotopic (exact) mass is 279 g/mol. The van der Waals surface area contributed by atoms with Crippen LogP contribution in [0, 0.1) is 0 Å². The number of aryl methyl sites for hydroxylation is 1. The quantitative estimate of drug-likeness (QED) is 0.868. The summed E-state index contributed by atoms with van der Waals surface area (Å²) in [6, 6.07) is 3.42. The molecule has 1 saturated carbocycles. The average Bonchev–Trinajstić information content (AvgIpc) is 2.87. The highest BCUT2D eigenvalue weighted by Gasteiger charge is 2.36. The van der Waals surface area contributed by atoms with Crippen LogP contribution < -0.4 is 5.32 Å². The molecule has 1 aromatic rings. The van der Waals surface area contributed by atoms with Crippen LogP contribution in [0.5, 0.6) is 0 Å². The van der Waals surface area contributed by atoms with E-state index in [9.17, 15) is 9.59 Å². The van der Waals surface area contributed by atoms with E-state index in [4.69, 9.17) is 9.52 Å². The molecular weight excluding hydrogens is 258 g/mol. The van der Waals surface area contributed by atoms with Gasteiger partial charge in [0.1, 0.15) is 5.76 Å². The summed E-state index contributed by atoms with van der Waals surface area (Å²) in [6.45, 7) is 1.95. The molecule has 0 spiro atoms. The summed E-state index contributed by atoms with van der Waals surface area (Å²) in [6.07, 6.45) is 5.13. The van der Waals surface area contributed by atoms with Gasteiger partial charge < -0.3 is 14.8 Å². The molecular formula is C15H21NO4. The Morgan fingerprint density at radius 3 is 2.55 bits per heavy atom. The van der Waals surface area contributed by atoms with Gasteiger partial charge in [-0.1, -0.05) is 26.2 Å². The third-order valence-electron chi connectivity index (χ3n) is 3.91. The van der Waals surface area contributed by atoms with E-state index in [1.165, 1.54) is 0 Å². The van der Waals surface area contributed by atoms with Gasteiger partial charge in [-0.05, 0) is 25.0 Å². The number of rotatable bonds is 5. The van der Waals surface area contributed by atoms with Crippen molar-refractivity contribution in [3.8, 4) is 0 Å². The van der Waals surface area contributed by atoms with Crippen molar-refractivity contribution < 1.29 is 19.1 Å². The second kappa shape index (κ2) is 6.11. The minimum absolute atomic E-state index is 0.0277. The molecule has 0 unspecified atom stereocenters. The van der Waals surface area contributed by atoms with Gasteiger partial charge in [-0.25, -0.2) is 0 Å². The number of carboxylic acid groups (broad SMARTS) is 1. The van der Waals surface area contributed by atoms with Crippen molar-refractivity contribution in [3.63, 3.8) is 0 Å². The Hall–Kier alpha value is -1.78. The van der Waals surface area contributed by atoms with Crippen molar-refractivity contribution in [3.05, 3.63) is 23.7 Å². The minimum atomic E-state index is -0.874. The largest absolute Gasteiger partial charge is 0.481 e. The van der Waals surface area contributed by atoms with E-state index in [1.54, 1.807) is 12.1 Å². The molecule has 110 valence electrons. The van der Waals surface area contributed by atoms with Crippen LogP contribution in [0.3, 0.4) is 0 Å². The molecule has 0 aliphatic heterocycles. The Balaban J connectivity index is 2.10. The fourth-order valence-electron chi connectivity index (χ4n) is 2.86. The maximum Gasteiger partial charge on any atom is 0.305 e. The average molecular weight is 279 g/mol. The molecule has 0 bridgehead atoms. The van der Waals surface area contributed by atoms with E-state index in [-0.39, 0.29) is 18.1 Å². The van der Waals surface area contributed by atoms with Gasteiger partial charge in [0.15, 0.2) is 5.76 Å². The third kappa shape index (κ3) is 3.40. The summed E-state index contributed by atoms with van der Waals surface area (Å²) in [7, 11) is 0. The Morgan fingerprint density at radius 2 is 2.00 bits per heavy atom. The number of nitrogens with one attached hydrogen (secondary N) is 1. The standard InChI is InChI=1S/C15H21NO4/c1-2-11-6-7-12(20-11)14(19)16-15(10-13(17)18)8-4-3-5-9-15/h6-7H,2-5,8-10H2,1H3,(H,16,19)(H,17,18). The summed E-state index contributed by atoms with van der Waals surface area (Å²) in [5.41, 5.74) is -0.625. The van der Waals surface area contributed by atoms with Crippen molar-refractivity contribution in [2.45, 2.75) is 57.4 Å². The molecule has 1 aliphatic rings. The molecule has 1 fully saturated rings. The normalized spacial score (nSPS) is 17.6. The van der Waals surface area contributed by atoms with Crippen LogP contribution in [0.4, 0.5) is 0 Å². The summed E-state index contributed by atoms with van der Waals surface area (Å²) in [4.78, 5) is 23.3. The van der Waals surface area contributed by atoms with Crippen LogP contribution in [-0.4, -0.2) is 22.5 Å². The van der Waals surface area contributed by atoms with Crippen LogP contribution in [0.1, 0.15) is 61.8 Å². The zero-order valence-electron chi connectivity index (χ0n) is 11.8. The first-order valence-electron chi connectivity index (χ1n) is 7.18. The van der Waals surface area contributed by atoms with Crippen molar-refractivity contribution in [2.24, 2.45) is 0 Å². The molecule has 2 N–H and O–H groups in total. The molecule has 5 heteroatoms. The molecule has 0 radical (unpaired) electrons. The van der Waals surface area contributed by atoms with Gasteiger partial charge >= 0.3 is 5.97 Å². The maximum absolute atomic E-state index is 12.2. The lowest BCUT2D eigenvalue weighted by molar-refractivity contribution is -0.139. The summed E-state index contributed by atoms with van der Waals surface area (Å²) in [5.74, 6) is -0.169. The molecule has 0 saturated heterocycles. The predicted molar refractivity (Wildman–Crippen MR) is 73.6 cm³/mol. The van der Waals surface area contributed by atoms with Gasteiger partial charge in [-0.2, -0.15) is 0 Å². The smallest absolute Gasteiger partial charge is 0.305 e. The SMILES string of the molecule is CCc1ccc(C(=O)NC2(CC(=O)O)CCCCC2)o1. The minimum Gasteiger partial charge on any atom is -0.481 e. The summed E-state index contributed by atoms with van der Waals surface area (Å²) in [5, 5.41) is 12.0. The van der Waals surface area contributed by atoms with Crippen molar-refractivity contribution in [1.29, 1.82) is 0 Å². The number of hydrogen-bond acceptors (Lipinski definition) is 3. The van der Waals surface area contributed by atoms with Crippen molar-refractivity contribution in [1.82, 2.24) is 5.32 Å². The van der Waals surface area contributed by atoms with E-state index in [2.05, 4.69) is 5.32 Å². The summed E-state index contributed by atoms with van der Waals surface area (Å²) >= 11 is 0. The highest BCUT2D eigenvalue weighted by Crippen LogP contribution is 2.31. The van der Waals surface area contributed by atoms with Crippen LogP contribution in [0.25, 0.3) is 0 Å². The first kappa shape index (κ1) is 14.6. The van der Waals surface area contributed by atoms with Crippen LogP contribution in [0.15, 0.2) is 16.5 Å². The van der Waals surface area contributed by atoms with Gasteiger partial charge in [0.2, 0.25) is 0 Å². The zero-order chi connectivity index (χ0) is 14.6. The maximum atomic E-state index is 12.2. The highest BCUT2D eigenvalue weighted by molar-refractivity contribution is 5.92. The number of carboxylic acids is 1. The third-order valence-corrected chi connectivity index (χ3v) is 3.91. The number of carbonyl (C=O) groups is 2. The van der Waals surface area contributed by atoms with Crippen LogP contribution >= 0.6 is 0 Å². The van der Waals surface area contributed by atoms with E-state index in [1.807, 2.05) is 6.92 Å². The molecule has 0 atom stereocenters. The van der Waals surface area contributed by atoms with E-state index < -0.39 is 11.5 Å². The van der Waals surface area contributed by atoms with E-state index in [0.29, 0.717) is 12.8 Å². The second-order valence-electron chi connectivity index (χ2n) is 5.49. The fraction of sp³-hybridized carbons (Fsp3) is 0.600. The Labute approximate surface area is 118 Å². The lowest BCUT2D eigenvalue weighted by Crippen LogP contribution is -2.51. The Kier molecular flexibility index (Phi) is 4.47. The molecule has 1 amide bonds. The van der Waals surface area contributed by atoms with E-state index >= 15 is 0 Å². The van der Waals surface area contributed by atoms with Crippen molar-refractivity contribution >= 4 is 11.9 Å². The van der Waals surface area contributed by atoms with Gasteiger partial charge in [-0.15, -0.1) is 0 Å². The fourth-order valence-corrected chi connectivity index (χ4v) is 2.86. The second-order valence-corrected chi connectivity index (χ2v) is 5.49. The molecule has 5 nitrogen and oxygen atoms in total. The highest BCUT2D eigenvalue weighted by atomic mass is 16.4. The predicted octanol–water partition coefficient (Wildman–Crippen LogP) is 2.75. The molecule has 1 aliphatic carbocycles. The van der Waals surface area contributed by atoms with Gasteiger partial charge in [0, 0.05) is 6.42 Å². The molecule has 0 aromatic carbocycles. The number of amides is 1. The number of hydrogen-bond donors (Lipinski definition) is 2. The lowest BCUT2D eigenvalue weighted by Gasteiger charge is -2.36. The number of furan rings is 1. The Morgan fingerprint density at radius 1 is 1.30 bits per heavy atom. The van der Waals surface area contributed by atoms with Gasteiger partial charge in [0.25, 0.3) is 5.91 Å². The van der Waals surface area contributed by atoms with Crippen LogP contribution in [0.2, 0.25) is 0 Å². The molecule has 20 heavy (non-hydrogen) atoms. The zero-order valence-corrected chi connectivity index (χ0v) is 11.8. The number of aliphatic carboxylic acids is 1. The van der Waals surface area contributed by atoms with E-state index in [0.717, 1.165) is 31.4 Å². The first-order chi connectivity index (χ1) is 9.54. The molecule has 2 rings (SSSR count).